The van der Waals surface area contributed by atoms with E-state index < -0.39 is 0 Å². The molecule has 0 aliphatic carbocycles. The number of Topliss-reactive ketones (excluding diaryl/α,β-unsaturated/α-hetero) is 1. The molecule has 2 aromatic heterocycles. The molecule has 0 saturated carbocycles. The number of rotatable bonds is 6. The molecule has 5 heteroatoms. The fourth-order valence-electron chi connectivity index (χ4n) is 3.46. The van der Waals surface area contributed by atoms with Gasteiger partial charge in [-0.05, 0) is 42.7 Å². The predicted molar refractivity (Wildman–Crippen MR) is 116 cm³/mol. The summed E-state index contributed by atoms with van der Waals surface area (Å²) >= 11 is 0. The molecule has 0 saturated heterocycles. The number of benzene rings is 2. The van der Waals surface area contributed by atoms with Crippen LogP contribution in [0.3, 0.4) is 0 Å². The molecule has 29 heavy (non-hydrogen) atoms. The van der Waals surface area contributed by atoms with Crippen molar-refractivity contribution in [2.75, 3.05) is 14.1 Å². The van der Waals surface area contributed by atoms with Crippen LogP contribution in [-0.4, -0.2) is 39.5 Å². The van der Waals surface area contributed by atoms with Crippen LogP contribution in [0.25, 0.3) is 21.9 Å². The molecule has 4 aromatic rings. The van der Waals surface area contributed by atoms with Crippen LogP contribution in [-0.2, 0) is 20.0 Å². The van der Waals surface area contributed by atoms with Gasteiger partial charge in [0.05, 0.1) is 12.6 Å². The van der Waals surface area contributed by atoms with Crippen LogP contribution >= 0.6 is 0 Å². The number of fused-ring (bicyclic) bond motifs is 1. The average Bonchev–Trinajstić information content (AvgIpc) is 3.14. The minimum Gasteiger partial charge on any atom is -0.305 e. The first-order valence-electron chi connectivity index (χ1n) is 9.62. The van der Waals surface area contributed by atoms with Gasteiger partial charge in [0.2, 0.25) is 0 Å². The fourth-order valence-corrected chi connectivity index (χ4v) is 3.46. The van der Waals surface area contributed by atoms with Crippen LogP contribution in [0.15, 0.2) is 67.1 Å². The van der Waals surface area contributed by atoms with Gasteiger partial charge in [0.25, 0.3) is 0 Å². The Morgan fingerprint density at radius 3 is 2.45 bits per heavy atom. The lowest BCUT2D eigenvalue weighted by Gasteiger charge is -2.10. The molecule has 5 nitrogen and oxygen atoms in total. The van der Waals surface area contributed by atoms with Crippen molar-refractivity contribution in [2.24, 2.45) is 7.05 Å². The largest absolute Gasteiger partial charge is 0.305 e. The molecule has 0 spiro atoms. The number of pyridine rings is 1. The van der Waals surface area contributed by atoms with Crippen LogP contribution in [0.5, 0.6) is 0 Å². The van der Waals surface area contributed by atoms with Crippen molar-refractivity contribution in [1.82, 2.24) is 19.7 Å². The van der Waals surface area contributed by atoms with Crippen molar-refractivity contribution < 1.29 is 4.79 Å². The number of ketones is 1. The maximum atomic E-state index is 12.7. The monoisotopic (exact) mass is 384 g/mol. The quantitative estimate of drug-likeness (QED) is 0.469. The van der Waals surface area contributed by atoms with Gasteiger partial charge in [-0.15, -0.1) is 0 Å². The molecule has 0 bridgehead atoms. The van der Waals surface area contributed by atoms with E-state index in [1.165, 1.54) is 5.56 Å². The Bertz CT molecular complexity index is 1160. The average molecular weight is 384 g/mol. The summed E-state index contributed by atoms with van der Waals surface area (Å²) < 4.78 is 1.79. The van der Waals surface area contributed by atoms with Crippen molar-refractivity contribution in [3.63, 3.8) is 0 Å². The normalized spacial score (nSPS) is 11.3. The van der Waals surface area contributed by atoms with Crippen molar-refractivity contribution in [3.05, 3.63) is 83.9 Å². The molecule has 0 atom stereocenters. The lowest BCUT2D eigenvalue weighted by atomic mass is 10.0. The number of aromatic nitrogens is 3. The van der Waals surface area contributed by atoms with E-state index in [1.54, 1.807) is 4.68 Å². The van der Waals surface area contributed by atoms with Gasteiger partial charge in [-0.2, -0.15) is 5.10 Å². The number of carbonyl (C=O) groups is 1. The topological polar surface area (TPSA) is 51.0 Å². The van der Waals surface area contributed by atoms with Crippen molar-refractivity contribution in [2.45, 2.75) is 13.0 Å². The lowest BCUT2D eigenvalue weighted by molar-refractivity contribution is 0.0992. The summed E-state index contributed by atoms with van der Waals surface area (Å²) in [7, 11) is 5.97. The van der Waals surface area contributed by atoms with E-state index in [4.69, 9.17) is 0 Å². The highest BCUT2D eigenvalue weighted by Crippen LogP contribution is 2.24. The van der Waals surface area contributed by atoms with E-state index in [-0.39, 0.29) is 5.78 Å². The minimum atomic E-state index is 0.0802. The first-order chi connectivity index (χ1) is 14.0. The second-order valence-corrected chi connectivity index (χ2v) is 7.67. The zero-order valence-corrected chi connectivity index (χ0v) is 17.0. The molecule has 146 valence electrons. The van der Waals surface area contributed by atoms with E-state index in [2.05, 4.69) is 33.2 Å². The van der Waals surface area contributed by atoms with Gasteiger partial charge in [-0.1, -0.05) is 36.4 Å². The SMILES string of the molecule is CN(C)Cc1ccc(C(=O)Cc2cc3cc(-c4cnn(C)c4)ccc3cn2)cc1. The molecule has 0 unspecified atom stereocenters. The zero-order chi connectivity index (χ0) is 20.4. The number of hydrogen-bond acceptors (Lipinski definition) is 4. The van der Waals surface area contributed by atoms with E-state index in [1.807, 2.05) is 70.1 Å². The molecule has 0 fully saturated rings. The maximum Gasteiger partial charge on any atom is 0.168 e. The van der Waals surface area contributed by atoms with E-state index in [0.29, 0.717) is 6.42 Å². The smallest absolute Gasteiger partial charge is 0.168 e. The second kappa shape index (κ2) is 7.97. The van der Waals surface area contributed by atoms with Crippen LogP contribution in [0.4, 0.5) is 0 Å². The Hall–Kier alpha value is -3.31. The third-order valence-corrected chi connectivity index (χ3v) is 4.93. The Morgan fingerprint density at radius 2 is 1.76 bits per heavy atom. The predicted octanol–water partition coefficient (Wildman–Crippen LogP) is 4.12. The van der Waals surface area contributed by atoms with Crippen LogP contribution < -0.4 is 0 Å². The number of aryl methyl sites for hydroxylation is 1. The minimum absolute atomic E-state index is 0.0802. The standard InChI is InChI=1S/C24H24N4O/c1-27(2)15-17-4-6-18(7-5-17)24(29)12-23-11-21-10-19(8-9-20(21)13-25-23)22-14-26-28(3)16-22/h4-11,13-14,16H,12,15H2,1-3H3. The number of carbonyl (C=O) groups excluding carboxylic acids is 1. The molecule has 2 heterocycles. The number of nitrogens with zero attached hydrogens (tertiary/aromatic N) is 4. The molecule has 0 aliphatic heterocycles. The van der Waals surface area contributed by atoms with E-state index in [9.17, 15) is 4.79 Å². The van der Waals surface area contributed by atoms with E-state index in [0.717, 1.165) is 39.7 Å². The first kappa shape index (κ1) is 19.0. The highest BCUT2D eigenvalue weighted by atomic mass is 16.1. The molecule has 0 aliphatic rings. The molecular formula is C24H24N4O. The molecule has 0 amide bonds. The van der Waals surface area contributed by atoms with Crippen LogP contribution in [0.1, 0.15) is 21.6 Å². The highest BCUT2D eigenvalue weighted by Gasteiger charge is 2.10. The summed E-state index contributed by atoms with van der Waals surface area (Å²) in [6.07, 6.45) is 5.98. The highest BCUT2D eigenvalue weighted by molar-refractivity contribution is 5.98. The zero-order valence-electron chi connectivity index (χ0n) is 17.0. The number of hydrogen-bond donors (Lipinski definition) is 0. The third-order valence-electron chi connectivity index (χ3n) is 4.93. The Morgan fingerprint density at radius 1 is 0.966 bits per heavy atom. The van der Waals surface area contributed by atoms with Gasteiger partial charge in [0, 0.05) is 48.2 Å². The molecule has 0 radical (unpaired) electrons. The van der Waals surface area contributed by atoms with Crippen molar-refractivity contribution in [1.29, 1.82) is 0 Å². The lowest BCUT2D eigenvalue weighted by Crippen LogP contribution is -2.11. The Kier molecular flexibility index (Phi) is 5.23. The van der Waals surface area contributed by atoms with Crippen molar-refractivity contribution >= 4 is 16.6 Å². The Labute approximate surface area is 170 Å². The van der Waals surface area contributed by atoms with Gasteiger partial charge >= 0.3 is 0 Å². The van der Waals surface area contributed by atoms with E-state index >= 15 is 0 Å². The summed E-state index contributed by atoms with van der Waals surface area (Å²) in [5.74, 6) is 0.0802. The molecule has 4 rings (SSSR count). The third kappa shape index (κ3) is 4.41. The molecule has 0 N–H and O–H groups in total. The summed E-state index contributed by atoms with van der Waals surface area (Å²) in [4.78, 5) is 19.3. The first-order valence-corrected chi connectivity index (χ1v) is 9.62. The maximum absolute atomic E-state index is 12.7. The second-order valence-electron chi connectivity index (χ2n) is 7.67. The van der Waals surface area contributed by atoms with Gasteiger partial charge in [-0.3, -0.25) is 14.5 Å². The summed E-state index contributed by atoms with van der Waals surface area (Å²) in [5, 5.41) is 6.37. The summed E-state index contributed by atoms with van der Waals surface area (Å²) in [5.41, 5.74) is 4.87. The molecule has 2 aromatic carbocycles. The summed E-state index contributed by atoms with van der Waals surface area (Å²) in [6.45, 7) is 0.861. The van der Waals surface area contributed by atoms with Gasteiger partial charge in [0.1, 0.15) is 0 Å². The van der Waals surface area contributed by atoms with Gasteiger partial charge < -0.3 is 4.90 Å². The fraction of sp³-hybridized carbons (Fsp3) is 0.208. The molecular weight excluding hydrogens is 360 g/mol. The Balaban J connectivity index is 1.55. The van der Waals surface area contributed by atoms with Crippen LogP contribution in [0, 0.1) is 0 Å². The van der Waals surface area contributed by atoms with Crippen molar-refractivity contribution in [3.8, 4) is 11.1 Å². The summed E-state index contributed by atoms with van der Waals surface area (Å²) in [6, 6.07) is 16.1. The van der Waals surface area contributed by atoms with Crippen LogP contribution in [0.2, 0.25) is 0 Å². The van der Waals surface area contributed by atoms with Gasteiger partial charge in [-0.25, -0.2) is 0 Å². The van der Waals surface area contributed by atoms with Gasteiger partial charge in [0.15, 0.2) is 5.78 Å².